The molecule has 0 spiro atoms. The largest absolute Gasteiger partial charge is 0.444 e. The molecule has 1 saturated heterocycles. The molecule has 0 radical (unpaired) electrons. The molecule has 1 heterocycles. The first-order chi connectivity index (χ1) is 13.1. The van der Waals surface area contributed by atoms with Gasteiger partial charge in [-0.15, -0.1) is 0 Å². The first-order valence-electron chi connectivity index (χ1n) is 9.92. The minimum absolute atomic E-state index is 0.109. The molecule has 28 heavy (non-hydrogen) atoms. The number of carbonyl (C=O) groups excluding carboxylic acids is 1. The molecule has 2 N–H and O–H groups in total. The van der Waals surface area contributed by atoms with Crippen LogP contribution < -0.4 is 5.32 Å². The highest BCUT2D eigenvalue weighted by Crippen LogP contribution is 2.38. The number of amides is 1. The van der Waals surface area contributed by atoms with Crippen LogP contribution >= 0.6 is 0 Å². The highest BCUT2D eigenvalue weighted by atomic mass is 19.1. The van der Waals surface area contributed by atoms with E-state index in [1.165, 1.54) is 12.1 Å². The zero-order valence-corrected chi connectivity index (χ0v) is 16.7. The average Bonchev–Trinajstić information content (AvgIpc) is 2.95. The molecule has 1 aliphatic carbocycles. The number of hydrogen-bond acceptors (Lipinski definition) is 4. The predicted molar refractivity (Wildman–Crippen MR) is 102 cm³/mol. The number of aliphatic hydroxyl groups is 1. The van der Waals surface area contributed by atoms with Crippen LogP contribution in [0.1, 0.15) is 51.5 Å². The molecule has 7 heteroatoms. The van der Waals surface area contributed by atoms with E-state index in [-0.39, 0.29) is 36.8 Å². The average molecular weight is 396 g/mol. The van der Waals surface area contributed by atoms with Crippen LogP contribution in [0.3, 0.4) is 0 Å². The minimum Gasteiger partial charge on any atom is -0.444 e. The van der Waals surface area contributed by atoms with E-state index in [1.807, 2.05) is 4.90 Å². The molecule has 1 amide bonds. The summed E-state index contributed by atoms with van der Waals surface area (Å²) >= 11 is 0. The SMILES string of the molecule is CC(C)(C)OC(=O)N[C@@H]1C[C@@H](F)CN([C@@H]2C[C@H](c3ccc(F)cc3)C[C@H]2O)C1. The summed E-state index contributed by atoms with van der Waals surface area (Å²) in [7, 11) is 0. The maximum Gasteiger partial charge on any atom is 0.407 e. The Labute approximate surface area is 165 Å². The maximum atomic E-state index is 14.4. The molecule has 0 aromatic heterocycles. The van der Waals surface area contributed by atoms with Crippen molar-refractivity contribution in [3.05, 3.63) is 35.6 Å². The number of alkyl carbamates (subject to hydrolysis) is 1. The van der Waals surface area contributed by atoms with E-state index in [0.29, 0.717) is 19.4 Å². The van der Waals surface area contributed by atoms with E-state index < -0.39 is 24.0 Å². The van der Waals surface area contributed by atoms with Crippen LogP contribution in [0.2, 0.25) is 0 Å². The van der Waals surface area contributed by atoms with Crippen LogP contribution in [0.25, 0.3) is 0 Å². The zero-order chi connectivity index (χ0) is 20.5. The van der Waals surface area contributed by atoms with Gasteiger partial charge in [0.05, 0.1) is 6.10 Å². The van der Waals surface area contributed by atoms with Crippen molar-refractivity contribution in [2.24, 2.45) is 0 Å². The minimum atomic E-state index is -1.08. The van der Waals surface area contributed by atoms with Crippen molar-refractivity contribution >= 4 is 6.09 Å². The molecule has 2 aliphatic rings. The number of rotatable bonds is 3. The molecular formula is C21H30F2N2O3. The van der Waals surface area contributed by atoms with Crippen molar-refractivity contribution in [2.75, 3.05) is 13.1 Å². The number of halogens is 2. The molecule has 0 unspecified atom stereocenters. The number of carbonyl (C=O) groups is 1. The van der Waals surface area contributed by atoms with E-state index >= 15 is 0 Å². The highest BCUT2D eigenvalue weighted by Gasteiger charge is 2.41. The lowest BCUT2D eigenvalue weighted by Crippen LogP contribution is -2.56. The van der Waals surface area contributed by atoms with Crippen molar-refractivity contribution in [3.63, 3.8) is 0 Å². The Morgan fingerprint density at radius 2 is 1.86 bits per heavy atom. The van der Waals surface area contributed by atoms with Gasteiger partial charge in [0.15, 0.2) is 0 Å². The maximum absolute atomic E-state index is 14.4. The lowest BCUT2D eigenvalue weighted by atomic mass is 9.96. The molecule has 5 atom stereocenters. The normalized spacial score (nSPS) is 31.6. The molecule has 1 aliphatic heterocycles. The number of nitrogens with one attached hydrogen (secondary N) is 1. The number of benzene rings is 1. The number of ether oxygens (including phenoxy) is 1. The number of aliphatic hydroxyl groups excluding tert-OH is 1. The van der Waals surface area contributed by atoms with Gasteiger partial charge in [-0.3, -0.25) is 4.90 Å². The van der Waals surface area contributed by atoms with E-state index in [9.17, 15) is 18.7 Å². The van der Waals surface area contributed by atoms with Gasteiger partial charge in [0, 0.05) is 31.6 Å². The number of piperidine rings is 1. The monoisotopic (exact) mass is 396 g/mol. The van der Waals surface area contributed by atoms with E-state index in [0.717, 1.165) is 5.56 Å². The molecule has 5 nitrogen and oxygen atoms in total. The van der Waals surface area contributed by atoms with Gasteiger partial charge in [-0.25, -0.2) is 13.6 Å². The van der Waals surface area contributed by atoms with Crippen LogP contribution in [0.5, 0.6) is 0 Å². The van der Waals surface area contributed by atoms with Crippen molar-refractivity contribution in [1.29, 1.82) is 0 Å². The summed E-state index contributed by atoms with van der Waals surface area (Å²) in [5, 5.41) is 13.3. The van der Waals surface area contributed by atoms with E-state index in [4.69, 9.17) is 4.74 Å². The fourth-order valence-corrected chi connectivity index (χ4v) is 4.31. The second kappa shape index (κ2) is 8.33. The number of nitrogens with zero attached hydrogens (tertiary/aromatic N) is 1. The molecule has 1 aromatic carbocycles. The summed E-state index contributed by atoms with van der Waals surface area (Å²) in [6.45, 7) is 6.05. The Morgan fingerprint density at radius 3 is 2.50 bits per heavy atom. The second-order valence-electron chi connectivity index (χ2n) is 8.98. The Bertz CT molecular complexity index is 677. The first-order valence-corrected chi connectivity index (χ1v) is 9.92. The molecule has 1 aromatic rings. The summed E-state index contributed by atoms with van der Waals surface area (Å²) in [5.74, 6) is -0.177. The van der Waals surface area contributed by atoms with Crippen LogP contribution in [0, 0.1) is 5.82 Å². The lowest BCUT2D eigenvalue weighted by Gasteiger charge is -2.39. The number of hydrogen-bond donors (Lipinski definition) is 2. The Hall–Kier alpha value is -1.73. The van der Waals surface area contributed by atoms with Gasteiger partial charge in [0.1, 0.15) is 17.6 Å². The molecular weight excluding hydrogens is 366 g/mol. The van der Waals surface area contributed by atoms with Gasteiger partial charge in [0.2, 0.25) is 0 Å². The van der Waals surface area contributed by atoms with Crippen molar-refractivity contribution < 1.29 is 23.4 Å². The quantitative estimate of drug-likeness (QED) is 0.822. The molecule has 1 saturated carbocycles. The van der Waals surface area contributed by atoms with Crippen LogP contribution in [-0.2, 0) is 4.74 Å². The zero-order valence-electron chi connectivity index (χ0n) is 16.7. The Balaban J connectivity index is 1.62. The fraction of sp³-hybridized carbons (Fsp3) is 0.667. The Kier molecular flexibility index (Phi) is 6.25. The summed E-state index contributed by atoms with van der Waals surface area (Å²) in [6, 6.07) is 5.79. The standard InChI is InChI=1S/C21H30F2N2O3/c1-21(2,3)28-20(27)24-17-10-16(23)11-25(12-17)18-8-14(9-19(18)26)13-4-6-15(22)7-5-13/h4-7,14,16-19,26H,8-12H2,1-3H3,(H,24,27)/t14-,16+,17+,18+,19+/m0/s1. The number of likely N-dealkylation sites (tertiary alicyclic amines) is 1. The van der Waals surface area contributed by atoms with E-state index in [2.05, 4.69) is 5.32 Å². The topological polar surface area (TPSA) is 61.8 Å². The van der Waals surface area contributed by atoms with Crippen LogP contribution in [-0.4, -0.2) is 59.1 Å². The van der Waals surface area contributed by atoms with Crippen LogP contribution in [0.15, 0.2) is 24.3 Å². The summed E-state index contributed by atoms with van der Waals surface area (Å²) in [6.07, 6.45) is -0.733. The van der Waals surface area contributed by atoms with Crippen molar-refractivity contribution in [3.8, 4) is 0 Å². The second-order valence-corrected chi connectivity index (χ2v) is 8.98. The van der Waals surface area contributed by atoms with Gasteiger partial charge in [-0.2, -0.15) is 0 Å². The van der Waals surface area contributed by atoms with E-state index in [1.54, 1.807) is 32.9 Å². The van der Waals surface area contributed by atoms with Gasteiger partial charge in [-0.05, 0) is 57.2 Å². The van der Waals surface area contributed by atoms with Gasteiger partial charge in [0.25, 0.3) is 0 Å². The number of alkyl halides is 1. The third-order valence-corrected chi connectivity index (χ3v) is 5.46. The van der Waals surface area contributed by atoms with Crippen molar-refractivity contribution in [1.82, 2.24) is 10.2 Å². The van der Waals surface area contributed by atoms with Gasteiger partial charge >= 0.3 is 6.09 Å². The predicted octanol–water partition coefficient (Wildman–Crippen LogP) is 3.37. The van der Waals surface area contributed by atoms with Gasteiger partial charge < -0.3 is 15.2 Å². The van der Waals surface area contributed by atoms with Gasteiger partial charge in [-0.1, -0.05) is 12.1 Å². The summed E-state index contributed by atoms with van der Waals surface area (Å²) < 4.78 is 32.8. The first kappa shape index (κ1) is 21.0. The van der Waals surface area contributed by atoms with Crippen LogP contribution in [0.4, 0.5) is 13.6 Å². The third-order valence-electron chi connectivity index (χ3n) is 5.46. The third kappa shape index (κ3) is 5.41. The Morgan fingerprint density at radius 1 is 1.18 bits per heavy atom. The smallest absolute Gasteiger partial charge is 0.407 e. The molecule has 2 fully saturated rings. The summed E-state index contributed by atoms with van der Waals surface area (Å²) in [4.78, 5) is 14.0. The van der Waals surface area contributed by atoms with Crippen molar-refractivity contribution in [2.45, 2.75) is 75.9 Å². The molecule has 156 valence electrons. The lowest BCUT2D eigenvalue weighted by molar-refractivity contribution is 0.0161. The molecule has 3 rings (SSSR count). The fourth-order valence-electron chi connectivity index (χ4n) is 4.31. The highest BCUT2D eigenvalue weighted by molar-refractivity contribution is 5.68. The molecule has 0 bridgehead atoms. The summed E-state index contributed by atoms with van der Waals surface area (Å²) in [5.41, 5.74) is 0.373.